The number of aromatic nitrogens is 1. The van der Waals surface area contributed by atoms with Crippen molar-refractivity contribution in [3.05, 3.63) is 71.3 Å². The second kappa shape index (κ2) is 9.94. The van der Waals surface area contributed by atoms with Crippen LogP contribution in [0.2, 0.25) is 0 Å². The Kier molecular flexibility index (Phi) is 7.23. The molecule has 40 heavy (non-hydrogen) atoms. The molecule has 0 aliphatic carbocycles. The van der Waals surface area contributed by atoms with Crippen LogP contribution in [-0.4, -0.2) is 34.6 Å². The molecule has 11 heteroatoms. The lowest BCUT2D eigenvalue weighted by atomic mass is 9.72. The zero-order valence-electron chi connectivity index (χ0n) is 22.1. The van der Waals surface area contributed by atoms with Crippen molar-refractivity contribution < 1.29 is 41.0 Å². The van der Waals surface area contributed by atoms with Crippen LogP contribution >= 0.6 is 0 Å². The topological polar surface area (TPSA) is 78.5 Å². The highest BCUT2D eigenvalue weighted by Gasteiger charge is 2.72. The van der Waals surface area contributed by atoms with Gasteiger partial charge in [-0.05, 0) is 77.4 Å². The maximum absolute atomic E-state index is 14.6. The van der Waals surface area contributed by atoms with Crippen molar-refractivity contribution in [3.63, 3.8) is 0 Å². The minimum Gasteiger partial charge on any atom is -0.508 e. The number of hydrogen-bond acceptors (Lipinski definition) is 5. The van der Waals surface area contributed by atoms with Crippen LogP contribution in [0.5, 0.6) is 11.5 Å². The third-order valence-corrected chi connectivity index (χ3v) is 7.79. The van der Waals surface area contributed by atoms with E-state index in [9.17, 15) is 36.6 Å². The highest BCUT2D eigenvalue weighted by Crippen LogP contribution is 2.57. The summed E-state index contributed by atoms with van der Waals surface area (Å²) >= 11 is 0. The second-order valence-electron chi connectivity index (χ2n) is 9.97. The van der Waals surface area contributed by atoms with E-state index in [0.717, 1.165) is 30.5 Å². The second-order valence-corrected chi connectivity index (χ2v) is 9.97. The van der Waals surface area contributed by atoms with E-state index in [1.807, 2.05) is 20.8 Å². The minimum atomic E-state index is -5.82. The van der Waals surface area contributed by atoms with Gasteiger partial charge in [-0.2, -0.15) is 26.3 Å². The Bertz CT molecular complexity index is 1520. The van der Waals surface area contributed by atoms with Crippen LogP contribution in [-0.2, 0) is 10.8 Å². The summed E-state index contributed by atoms with van der Waals surface area (Å²) in [7, 11) is 1.26. The lowest BCUT2D eigenvalue weighted by Gasteiger charge is -2.38. The van der Waals surface area contributed by atoms with Crippen molar-refractivity contribution in [3.8, 4) is 23.0 Å². The predicted molar refractivity (Wildman–Crippen MR) is 140 cm³/mol. The Morgan fingerprint density at radius 3 is 1.98 bits per heavy atom. The number of fused-ring (bicyclic) bond motifs is 1. The first-order chi connectivity index (χ1) is 18.6. The van der Waals surface area contributed by atoms with E-state index >= 15 is 0 Å². The van der Waals surface area contributed by atoms with Crippen LogP contribution < -0.4 is 5.32 Å². The van der Waals surface area contributed by atoms with Crippen molar-refractivity contribution >= 4 is 16.8 Å². The van der Waals surface area contributed by atoms with Gasteiger partial charge in [0, 0.05) is 12.6 Å². The molecule has 0 saturated carbocycles. The SMILES string of the molecule is CCC(C)(CC)c1cc(O)cc(-c2nc3cc(C(c4ccc(O)c(NC)c4)(C(F)(F)F)C(F)(F)F)ccc3o2)c1. The average Bonchev–Trinajstić information content (AvgIpc) is 3.31. The van der Waals surface area contributed by atoms with E-state index < -0.39 is 34.6 Å². The van der Waals surface area contributed by atoms with Crippen LogP contribution in [0, 0.1) is 0 Å². The summed E-state index contributed by atoms with van der Waals surface area (Å²) in [5.74, 6) is -0.649. The normalized spacial score (nSPS) is 13.2. The van der Waals surface area contributed by atoms with Crippen molar-refractivity contribution in [2.45, 2.75) is 56.8 Å². The van der Waals surface area contributed by atoms with Gasteiger partial charge in [0.2, 0.25) is 11.3 Å². The first-order valence-corrected chi connectivity index (χ1v) is 12.5. The summed E-state index contributed by atoms with van der Waals surface area (Å²) in [6.07, 6.45) is -10.1. The van der Waals surface area contributed by atoms with E-state index in [-0.39, 0.29) is 33.8 Å². The third-order valence-electron chi connectivity index (χ3n) is 7.79. The minimum absolute atomic E-state index is 0.0303. The number of alkyl halides is 6. The van der Waals surface area contributed by atoms with Crippen LogP contribution in [0.15, 0.2) is 59.0 Å². The number of nitrogens with zero attached hydrogens (tertiary/aromatic N) is 1. The molecule has 0 unspecified atom stereocenters. The van der Waals surface area contributed by atoms with Crippen molar-refractivity contribution in [2.75, 3.05) is 12.4 Å². The van der Waals surface area contributed by atoms with Crippen LogP contribution in [0.1, 0.15) is 50.3 Å². The van der Waals surface area contributed by atoms with E-state index in [2.05, 4.69) is 10.3 Å². The van der Waals surface area contributed by atoms with Gasteiger partial charge in [0.1, 0.15) is 17.0 Å². The molecule has 5 nitrogen and oxygen atoms in total. The third kappa shape index (κ3) is 4.61. The molecule has 0 aliphatic rings. The highest BCUT2D eigenvalue weighted by molar-refractivity contribution is 5.78. The number of aromatic hydroxyl groups is 2. The molecule has 1 aromatic heterocycles. The Labute approximate surface area is 226 Å². The quantitative estimate of drug-likeness (QED) is 0.155. The number of nitrogens with one attached hydrogen (secondary N) is 1. The number of halogens is 6. The first-order valence-electron chi connectivity index (χ1n) is 12.5. The molecule has 1 heterocycles. The Morgan fingerprint density at radius 2 is 1.40 bits per heavy atom. The summed E-state index contributed by atoms with van der Waals surface area (Å²) in [6.45, 7) is 6.01. The van der Waals surface area contributed by atoms with E-state index in [0.29, 0.717) is 29.8 Å². The van der Waals surface area contributed by atoms with Crippen LogP contribution in [0.4, 0.5) is 32.0 Å². The number of oxazole rings is 1. The summed E-state index contributed by atoms with van der Waals surface area (Å²) in [5.41, 5.74) is -6.41. The smallest absolute Gasteiger partial charge is 0.411 e. The molecule has 4 aromatic rings. The molecule has 0 atom stereocenters. The molecular weight excluding hydrogens is 538 g/mol. The fourth-order valence-corrected chi connectivity index (χ4v) is 4.98. The van der Waals surface area contributed by atoms with Gasteiger partial charge >= 0.3 is 12.4 Å². The predicted octanol–water partition coefficient (Wildman–Crippen LogP) is 8.44. The fraction of sp³-hybridized carbons (Fsp3) is 0.345. The molecule has 0 saturated heterocycles. The van der Waals surface area contributed by atoms with Crippen molar-refractivity contribution in [1.82, 2.24) is 4.98 Å². The Morgan fingerprint density at radius 1 is 0.800 bits per heavy atom. The van der Waals surface area contributed by atoms with Crippen LogP contribution in [0.3, 0.4) is 0 Å². The Balaban J connectivity index is 1.95. The number of hydrogen-bond donors (Lipinski definition) is 3. The summed E-state index contributed by atoms with van der Waals surface area (Å²) < 4.78 is 93.6. The molecule has 0 fully saturated rings. The monoisotopic (exact) mass is 566 g/mol. The molecule has 0 spiro atoms. The number of benzene rings is 3. The maximum atomic E-state index is 14.6. The largest absolute Gasteiger partial charge is 0.508 e. The molecule has 0 radical (unpaired) electrons. The zero-order chi connectivity index (χ0) is 29.7. The number of phenols is 2. The van der Waals surface area contributed by atoms with E-state index in [1.54, 1.807) is 12.1 Å². The van der Waals surface area contributed by atoms with Crippen molar-refractivity contribution in [1.29, 1.82) is 0 Å². The van der Waals surface area contributed by atoms with Gasteiger partial charge < -0.3 is 19.9 Å². The standard InChI is InChI=1S/C29H28F6N2O3/c1-5-26(3,6-2)19-11-16(12-20(38)13-19)25-37-22-15-18(8-10-24(22)40-25)27(28(30,31)32,29(33,34)35)17-7-9-23(39)21(14-17)36-4/h7-15,36,38-39H,5-6H2,1-4H3. The highest BCUT2D eigenvalue weighted by atomic mass is 19.4. The molecular formula is C29H28F6N2O3. The molecule has 214 valence electrons. The number of anilines is 1. The summed E-state index contributed by atoms with van der Waals surface area (Å²) in [6, 6.07) is 9.15. The molecule has 0 bridgehead atoms. The molecule has 4 rings (SSSR count). The summed E-state index contributed by atoms with van der Waals surface area (Å²) in [4.78, 5) is 4.21. The van der Waals surface area contributed by atoms with Crippen molar-refractivity contribution in [2.24, 2.45) is 0 Å². The average molecular weight is 567 g/mol. The maximum Gasteiger partial charge on any atom is 0.411 e. The van der Waals surface area contributed by atoms with E-state index in [4.69, 9.17) is 4.42 Å². The van der Waals surface area contributed by atoms with Crippen LogP contribution in [0.25, 0.3) is 22.6 Å². The molecule has 0 amide bonds. The lowest BCUT2D eigenvalue weighted by Crippen LogP contribution is -2.54. The van der Waals surface area contributed by atoms with Gasteiger partial charge in [0.05, 0.1) is 5.69 Å². The molecule has 0 aliphatic heterocycles. The lowest BCUT2D eigenvalue weighted by molar-refractivity contribution is -0.288. The van der Waals surface area contributed by atoms with Gasteiger partial charge in [-0.1, -0.05) is 32.9 Å². The van der Waals surface area contributed by atoms with Gasteiger partial charge in [-0.15, -0.1) is 0 Å². The summed E-state index contributed by atoms with van der Waals surface area (Å²) in [5, 5.41) is 22.7. The van der Waals surface area contributed by atoms with E-state index in [1.165, 1.54) is 13.1 Å². The molecule has 3 aromatic carbocycles. The Hall–Kier alpha value is -3.89. The molecule has 3 N–H and O–H groups in total. The van der Waals surface area contributed by atoms with Gasteiger partial charge in [0.15, 0.2) is 5.58 Å². The first kappa shape index (κ1) is 29.1. The number of phenolic OH excluding ortho intramolecular Hbond substituents is 2. The fourth-order valence-electron chi connectivity index (χ4n) is 4.98. The van der Waals surface area contributed by atoms with Gasteiger partial charge in [-0.3, -0.25) is 0 Å². The number of rotatable bonds is 7. The van der Waals surface area contributed by atoms with Gasteiger partial charge in [-0.25, -0.2) is 4.98 Å². The zero-order valence-corrected chi connectivity index (χ0v) is 22.1. The van der Waals surface area contributed by atoms with Gasteiger partial charge in [0.25, 0.3) is 0 Å².